The van der Waals surface area contributed by atoms with Gasteiger partial charge in [0.25, 0.3) is 0 Å². The minimum absolute atomic E-state index is 0.837. The molecule has 2 heteroatoms. The first-order valence-electron chi connectivity index (χ1n) is 5.49. The second-order valence-electron chi connectivity index (χ2n) is 4.70. The average molecular weight is 188 g/mol. The van der Waals surface area contributed by atoms with Crippen LogP contribution in [0.1, 0.15) is 18.5 Å². The lowest BCUT2D eigenvalue weighted by atomic mass is 9.94. The quantitative estimate of drug-likeness (QED) is 0.652. The number of rotatable bonds is 2. The smallest absolute Gasteiger partial charge is 0.0492 e. The lowest BCUT2D eigenvalue weighted by molar-refractivity contribution is 0.361. The monoisotopic (exact) mass is 188 g/mol. The van der Waals surface area contributed by atoms with Crippen molar-refractivity contribution in [3.05, 3.63) is 30.1 Å². The van der Waals surface area contributed by atoms with Gasteiger partial charge in [-0.15, -0.1) is 0 Å². The summed E-state index contributed by atoms with van der Waals surface area (Å²) in [5.41, 5.74) is 1.29. The fourth-order valence-corrected chi connectivity index (χ4v) is 2.92. The summed E-state index contributed by atoms with van der Waals surface area (Å²) in [6, 6.07) is 2.09. The number of aryl methyl sites for hydroxylation is 1. The highest BCUT2D eigenvalue weighted by molar-refractivity contribution is 5.10. The number of aromatic nitrogens is 2. The molecule has 2 aliphatic rings. The number of hydrogen-bond acceptors (Lipinski definition) is 1. The summed E-state index contributed by atoms with van der Waals surface area (Å²) < 4.78 is 2.15. The molecule has 0 radical (unpaired) electrons. The van der Waals surface area contributed by atoms with E-state index in [0.717, 1.165) is 24.3 Å². The Morgan fingerprint density at radius 3 is 2.93 bits per heavy atom. The third kappa shape index (κ3) is 1.21. The van der Waals surface area contributed by atoms with Gasteiger partial charge in [-0.05, 0) is 43.6 Å². The zero-order valence-corrected chi connectivity index (χ0v) is 8.56. The van der Waals surface area contributed by atoms with E-state index >= 15 is 0 Å². The van der Waals surface area contributed by atoms with E-state index in [0.29, 0.717) is 0 Å². The summed E-state index contributed by atoms with van der Waals surface area (Å²) in [4.78, 5) is 0. The topological polar surface area (TPSA) is 17.8 Å². The molecule has 1 aromatic rings. The first kappa shape index (κ1) is 8.27. The summed E-state index contributed by atoms with van der Waals surface area (Å²) in [6.45, 7) is 3.25. The van der Waals surface area contributed by atoms with E-state index in [2.05, 4.69) is 34.9 Å². The summed E-state index contributed by atoms with van der Waals surface area (Å²) in [5, 5.41) is 4.36. The van der Waals surface area contributed by atoms with E-state index in [1.54, 1.807) is 0 Å². The van der Waals surface area contributed by atoms with Gasteiger partial charge < -0.3 is 0 Å². The summed E-state index contributed by atoms with van der Waals surface area (Å²) in [6.07, 6.45) is 9.48. The Kier molecular flexibility index (Phi) is 1.76. The second-order valence-corrected chi connectivity index (χ2v) is 4.70. The SMILES string of the molecule is Cc1ccnn1C[C@@H]1C[C@@H]2C=C[C@H]1C2. The molecular weight excluding hydrogens is 172 g/mol. The van der Waals surface area contributed by atoms with Gasteiger partial charge in [0.05, 0.1) is 0 Å². The van der Waals surface area contributed by atoms with Crippen LogP contribution in [0, 0.1) is 24.7 Å². The van der Waals surface area contributed by atoms with Gasteiger partial charge >= 0.3 is 0 Å². The lowest BCUT2D eigenvalue weighted by Crippen LogP contribution is -2.16. The highest BCUT2D eigenvalue weighted by Gasteiger charge is 2.35. The first-order valence-corrected chi connectivity index (χ1v) is 5.49. The van der Waals surface area contributed by atoms with Crippen molar-refractivity contribution in [2.75, 3.05) is 0 Å². The molecule has 1 fully saturated rings. The van der Waals surface area contributed by atoms with Crippen LogP contribution in [-0.2, 0) is 6.54 Å². The van der Waals surface area contributed by atoms with Gasteiger partial charge in [-0.1, -0.05) is 12.2 Å². The predicted octanol–water partition coefficient (Wildman–Crippen LogP) is 2.40. The van der Waals surface area contributed by atoms with Gasteiger partial charge in [0.15, 0.2) is 0 Å². The van der Waals surface area contributed by atoms with Crippen molar-refractivity contribution in [1.29, 1.82) is 0 Å². The normalized spacial score (nSPS) is 34.2. The summed E-state index contributed by atoms with van der Waals surface area (Å²) >= 11 is 0. The van der Waals surface area contributed by atoms with Crippen molar-refractivity contribution in [1.82, 2.24) is 9.78 Å². The van der Waals surface area contributed by atoms with Crippen LogP contribution in [0.25, 0.3) is 0 Å². The van der Waals surface area contributed by atoms with Crippen LogP contribution in [0.15, 0.2) is 24.4 Å². The van der Waals surface area contributed by atoms with E-state index < -0.39 is 0 Å². The molecule has 3 rings (SSSR count). The minimum atomic E-state index is 0.837. The van der Waals surface area contributed by atoms with Crippen LogP contribution in [0.3, 0.4) is 0 Å². The number of nitrogens with zero attached hydrogens (tertiary/aromatic N) is 2. The molecule has 0 unspecified atom stereocenters. The predicted molar refractivity (Wildman–Crippen MR) is 55.8 cm³/mol. The molecule has 1 heterocycles. The molecule has 0 aliphatic heterocycles. The van der Waals surface area contributed by atoms with Gasteiger partial charge in [-0.3, -0.25) is 4.68 Å². The fraction of sp³-hybridized carbons (Fsp3) is 0.583. The lowest BCUT2D eigenvalue weighted by Gasteiger charge is -2.18. The van der Waals surface area contributed by atoms with Gasteiger partial charge in [0.1, 0.15) is 0 Å². The maximum Gasteiger partial charge on any atom is 0.0492 e. The molecule has 0 N–H and O–H groups in total. The standard InChI is InChI=1S/C12H16N2/c1-9-4-5-13-14(9)8-12-7-10-2-3-11(12)6-10/h2-5,10-12H,6-8H2,1H3/t10-,11+,12+/m1/s1. The Balaban J connectivity index is 1.75. The molecule has 14 heavy (non-hydrogen) atoms. The molecule has 0 aromatic carbocycles. The van der Waals surface area contributed by atoms with Crippen molar-refractivity contribution < 1.29 is 0 Å². The van der Waals surface area contributed by atoms with Gasteiger partial charge in [-0.2, -0.15) is 5.10 Å². The Hall–Kier alpha value is -1.05. The van der Waals surface area contributed by atoms with E-state index in [4.69, 9.17) is 0 Å². The third-order valence-corrected chi connectivity index (χ3v) is 3.75. The highest BCUT2D eigenvalue weighted by atomic mass is 15.3. The molecule has 1 saturated carbocycles. The summed E-state index contributed by atoms with van der Waals surface area (Å²) in [5.74, 6) is 2.55. The fourth-order valence-electron chi connectivity index (χ4n) is 2.92. The number of allylic oxidation sites excluding steroid dienone is 2. The zero-order chi connectivity index (χ0) is 9.54. The van der Waals surface area contributed by atoms with Crippen molar-refractivity contribution in [2.45, 2.75) is 26.3 Å². The largest absolute Gasteiger partial charge is 0.270 e. The first-order chi connectivity index (χ1) is 6.83. The second kappa shape index (κ2) is 2.97. The van der Waals surface area contributed by atoms with E-state index in [1.165, 1.54) is 18.5 Å². The molecule has 0 spiro atoms. The maximum absolute atomic E-state index is 4.36. The molecule has 3 atom stereocenters. The Bertz CT molecular complexity index is 364. The highest BCUT2D eigenvalue weighted by Crippen LogP contribution is 2.43. The van der Waals surface area contributed by atoms with Crippen LogP contribution in [0.4, 0.5) is 0 Å². The van der Waals surface area contributed by atoms with Crippen LogP contribution < -0.4 is 0 Å². The molecule has 0 amide bonds. The van der Waals surface area contributed by atoms with Crippen LogP contribution in [0.5, 0.6) is 0 Å². The molecule has 2 bridgehead atoms. The Morgan fingerprint density at radius 1 is 1.43 bits per heavy atom. The van der Waals surface area contributed by atoms with Crippen LogP contribution >= 0.6 is 0 Å². The Morgan fingerprint density at radius 2 is 2.36 bits per heavy atom. The van der Waals surface area contributed by atoms with E-state index in [9.17, 15) is 0 Å². The summed E-state index contributed by atoms with van der Waals surface area (Å²) in [7, 11) is 0. The molecule has 1 aromatic heterocycles. The van der Waals surface area contributed by atoms with E-state index in [1.807, 2.05) is 6.20 Å². The van der Waals surface area contributed by atoms with Gasteiger partial charge in [0, 0.05) is 18.4 Å². The maximum atomic E-state index is 4.36. The van der Waals surface area contributed by atoms with Crippen molar-refractivity contribution in [3.63, 3.8) is 0 Å². The molecule has 2 aliphatic carbocycles. The van der Waals surface area contributed by atoms with Gasteiger partial charge in [0.2, 0.25) is 0 Å². The van der Waals surface area contributed by atoms with Crippen LogP contribution in [-0.4, -0.2) is 9.78 Å². The molecule has 2 nitrogen and oxygen atoms in total. The van der Waals surface area contributed by atoms with Crippen molar-refractivity contribution in [2.24, 2.45) is 17.8 Å². The number of hydrogen-bond donors (Lipinski definition) is 0. The third-order valence-electron chi connectivity index (χ3n) is 3.75. The Labute approximate surface area is 84.6 Å². The number of fused-ring (bicyclic) bond motifs is 2. The van der Waals surface area contributed by atoms with E-state index in [-0.39, 0.29) is 0 Å². The molecule has 0 saturated heterocycles. The minimum Gasteiger partial charge on any atom is -0.270 e. The molecular formula is C12H16N2. The van der Waals surface area contributed by atoms with Gasteiger partial charge in [-0.25, -0.2) is 0 Å². The molecule has 74 valence electrons. The van der Waals surface area contributed by atoms with Crippen molar-refractivity contribution in [3.8, 4) is 0 Å². The van der Waals surface area contributed by atoms with Crippen molar-refractivity contribution >= 4 is 0 Å². The van der Waals surface area contributed by atoms with Crippen LogP contribution in [0.2, 0.25) is 0 Å². The average Bonchev–Trinajstić information content (AvgIpc) is 2.83. The zero-order valence-electron chi connectivity index (χ0n) is 8.56.